The Balaban J connectivity index is 0.000000414. The molecule has 0 amide bonds. The van der Waals surface area contributed by atoms with E-state index >= 15 is 0 Å². The molecule has 0 aromatic heterocycles. The normalized spacial score (nSPS) is 9.97. The molecule has 2 nitrogen and oxygen atoms in total. The fraction of sp³-hybridized carbons (Fsp3) is 0. The second-order valence-electron chi connectivity index (χ2n) is 11.5. The van der Waals surface area contributed by atoms with Crippen molar-refractivity contribution in [2.45, 2.75) is 0 Å². The van der Waals surface area contributed by atoms with Gasteiger partial charge in [0.05, 0.1) is 0 Å². The molecule has 0 aliphatic heterocycles. The van der Waals surface area contributed by atoms with Crippen molar-refractivity contribution in [2.75, 3.05) is 0 Å². The van der Waals surface area contributed by atoms with E-state index in [4.69, 9.17) is 15.9 Å². The van der Waals surface area contributed by atoms with Crippen LogP contribution in [0.3, 0.4) is 0 Å². The molecule has 0 aliphatic rings. The van der Waals surface area contributed by atoms with Crippen LogP contribution in [-0.2, 0) is 29.4 Å². The van der Waals surface area contributed by atoms with Gasteiger partial charge in [0.15, 0.2) is 0 Å². The summed E-state index contributed by atoms with van der Waals surface area (Å²) in [6.07, 6.45) is 9.87. The van der Waals surface area contributed by atoms with Gasteiger partial charge >= 0.3 is 50.0 Å². The molecule has 0 fully saturated rings. The van der Waals surface area contributed by atoms with Crippen molar-refractivity contribution in [3.8, 4) is 0 Å². The van der Waals surface area contributed by atoms with E-state index in [-0.39, 0.29) is 20.1 Å². The Morgan fingerprint density at radius 2 is 0.617 bits per heavy atom. The number of benzene rings is 7. The van der Waals surface area contributed by atoms with Crippen LogP contribution in [0.2, 0.25) is 0 Å². The van der Waals surface area contributed by atoms with Gasteiger partial charge in [0.25, 0.3) is 0 Å². The maximum atomic E-state index is 9.75. The molecular formula is C50H40BF4IrO2P2. The van der Waals surface area contributed by atoms with E-state index in [1.807, 2.05) is 36.4 Å². The fourth-order valence-electron chi connectivity index (χ4n) is 5.16. The number of halogens is 4. The summed E-state index contributed by atoms with van der Waals surface area (Å²) in [6, 6.07) is 74.7. The monoisotopic (exact) mass is 1010 g/mol. The van der Waals surface area contributed by atoms with Gasteiger partial charge in [-0.15, -0.1) is 17.7 Å². The molecule has 7 aromatic rings. The zero-order valence-electron chi connectivity index (χ0n) is 32.2. The molecule has 0 saturated carbocycles. The van der Waals surface area contributed by atoms with Crippen molar-refractivity contribution in [3.05, 3.63) is 262 Å². The van der Waals surface area contributed by atoms with Crippen molar-refractivity contribution >= 4 is 61.0 Å². The van der Waals surface area contributed by atoms with Gasteiger partial charge in [0.2, 0.25) is 0 Å². The summed E-state index contributed by atoms with van der Waals surface area (Å²) in [5.41, 5.74) is 1.14. The molecule has 0 atom stereocenters. The summed E-state index contributed by atoms with van der Waals surface area (Å²) >= 11 is 0. The smallest absolute Gasteiger partial charge is 0.287 e. The quantitative estimate of drug-likeness (QED) is 0.0345. The molecule has 0 unspecified atom stereocenters. The second-order valence-corrected chi connectivity index (χ2v) is 15.9. The van der Waals surface area contributed by atoms with Gasteiger partial charge in [-0.1, -0.05) is 200 Å². The zero-order valence-corrected chi connectivity index (χ0v) is 36.4. The molecule has 0 aliphatic carbocycles. The minimum atomic E-state index is -6.00. The Kier molecular flexibility index (Phi) is 28.4. The van der Waals surface area contributed by atoms with Crippen molar-refractivity contribution in [2.24, 2.45) is 0 Å². The minimum absolute atomic E-state index is 0. The molecule has 302 valence electrons. The van der Waals surface area contributed by atoms with E-state index in [0.29, 0.717) is 0 Å². The predicted molar refractivity (Wildman–Crippen MR) is 240 cm³/mol. The molecular weight excluding hydrogens is 974 g/mol. The summed E-state index contributed by atoms with van der Waals surface area (Å²) in [4.78, 5) is 0. The molecule has 0 bridgehead atoms. The summed E-state index contributed by atoms with van der Waals surface area (Å²) in [5, 5.41) is 8.39. The van der Waals surface area contributed by atoms with Crippen molar-refractivity contribution in [1.82, 2.24) is 0 Å². The van der Waals surface area contributed by atoms with Crippen molar-refractivity contribution < 1.29 is 46.7 Å². The molecule has 0 saturated heterocycles. The molecule has 10 heteroatoms. The average molecular weight is 1010 g/mol. The minimum Gasteiger partial charge on any atom is -0.287 e. The first-order valence-electron chi connectivity index (χ1n) is 17.9. The molecule has 0 N–H and O–H groups in total. The van der Waals surface area contributed by atoms with Crippen LogP contribution in [0, 0.1) is 26.0 Å². The largest absolute Gasteiger partial charge is 3.00 e. The van der Waals surface area contributed by atoms with E-state index in [1.165, 1.54) is 37.9 Å². The third-order valence-electron chi connectivity index (χ3n) is 7.44. The van der Waals surface area contributed by atoms with E-state index < -0.39 is 23.1 Å². The first-order valence-corrected chi connectivity index (χ1v) is 20.5. The van der Waals surface area contributed by atoms with Gasteiger partial charge in [0, 0.05) is 0 Å². The molecule has 0 spiro atoms. The molecule has 0 radical (unpaired) electrons. The first kappa shape index (κ1) is 52.6. The summed E-state index contributed by atoms with van der Waals surface area (Å²) < 4.78 is 54.0. The number of allylic oxidation sites excluding steroid dienone is 4. The predicted octanol–water partition coefficient (Wildman–Crippen LogP) is 11.2. The van der Waals surface area contributed by atoms with Crippen LogP contribution in [-0.4, -0.2) is 7.25 Å². The van der Waals surface area contributed by atoms with Gasteiger partial charge in [-0.3, -0.25) is 6.58 Å². The number of hydrogen-bond donors (Lipinski definition) is 0. The van der Waals surface area contributed by atoms with Crippen LogP contribution in [0.1, 0.15) is 5.56 Å². The summed E-state index contributed by atoms with van der Waals surface area (Å²) in [6.45, 7) is 14.1. The van der Waals surface area contributed by atoms with E-state index in [9.17, 15) is 17.3 Å². The van der Waals surface area contributed by atoms with Gasteiger partial charge in [0.1, 0.15) is 0 Å². The molecule has 0 heterocycles. The Morgan fingerprint density at radius 3 is 0.817 bits per heavy atom. The van der Waals surface area contributed by atoms with E-state index in [0.717, 1.165) is 5.56 Å². The van der Waals surface area contributed by atoms with Crippen LogP contribution >= 0.6 is 15.8 Å². The van der Waals surface area contributed by atoms with Gasteiger partial charge in [-0.25, -0.2) is 6.08 Å². The third kappa shape index (κ3) is 21.5. The van der Waals surface area contributed by atoms with Gasteiger partial charge < -0.3 is 17.3 Å². The van der Waals surface area contributed by atoms with Crippen LogP contribution in [0.4, 0.5) is 17.3 Å². The Bertz CT molecular complexity index is 1900. The SMILES string of the molecule is F[B-](F)(F)F.[C-]#[O+].[C-]#[O+].[CH-]=C/C=C\[C-]=Cc1ccccc1.[Ir+3].c1ccc(P(c2ccccc2)c2ccccc2)cc1.c1ccc(P(c2ccccc2)c2ccccc2)cc1. The summed E-state index contributed by atoms with van der Waals surface area (Å²) in [7, 11) is -6.89. The topological polar surface area (TPSA) is 39.8 Å². The van der Waals surface area contributed by atoms with Gasteiger partial charge in [-0.2, -0.15) is 24.3 Å². The Morgan fingerprint density at radius 1 is 0.417 bits per heavy atom. The van der Waals surface area contributed by atoms with Crippen LogP contribution < -0.4 is 31.8 Å². The number of hydrogen-bond acceptors (Lipinski definition) is 0. The molecule has 7 aromatic carbocycles. The Hall–Kier alpha value is -5.47. The molecule has 7 rings (SSSR count). The van der Waals surface area contributed by atoms with Crippen molar-refractivity contribution in [3.63, 3.8) is 0 Å². The molecule has 60 heavy (non-hydrogen) atoms. The standard InChI is InChI=1S/2C18H15P.C12H10.2CO.BF4.Ir/c2*1-4-10-16(11-5-1)19(17-12-6-2-7-13-17)18-14-8-3-9-15-18;1-2-3-4-6-9-12-10-7-5-8-11-12;2*1-2;2-1(3,4)5;/h2*1-15H;1-5,7-11H;;;;/q;;-2;;;-1;+3/b;;4-3-;;;;. The second kappa shape index (κ2) is 32.4. The average Bonchev–Trinajstić information content (AvgIpc) is 3.29. The van der Waals surface area contributed by atoms with E-state index in [1.54, 1.807) is 12.2 Å². The zero-order chi connectivity index (χ0) is 43.0. The van der Waals surface area contributed by atoms with Crippen LogP contribution in [0.5, 0.6) is 0 Å². The maximum Gasteiger partial charge on any atom is 3.00 e. The van der Waals surface area contributed by atoms with Crippen LogP contribution in [0.25, 0.3) is 6.08 Å². The summed E-state index contributed by atoms with van der Waals surface area (Å²) in [5.74, 6) is 0. The number of rotatable bonds is 9. The maximum absolute atomic E-state index is 9.75. The van der Waals surface area contributed by atoms with Gasteiger partial charge in [-0.05, 0) is 47.7 Å². The fourth-order valence-corrected chi connectivity index (χ4v) is 9.77. The van der Waals surface area contributed by atoms with Crippen molar-refractivity contribution in [1.29, 1.82) is 0 Å². The van der Waals surface area contributed by atoms with Crippen LogP contribution in [0.15, 0.2) is 231 Å². The Labute approximate surface area is 367 Å². The third-order valence-corrected chi connectivity index (χ3v) is 12.3. The first-order chi connectivity index (χ1) is 28.8. The van der Waals surface area contributed by atoms with E-state index in [2.05, 4.69) is 201 Å².